The van der Waals surface area contributed by atoms with Gasteiger partial charge in [-0.15, -0.1) is 0 Å². The molecule has 0 spiro atoms. The Kier molecular flexibility index (Phi) is 9.39. The highest BCUT2D eigenvalue weighted by Crippen LogP contribution is 2.32. The van der Waals surface area contributed by atoms with Crippen LogP contribution in [0.1, 0.15) is 35.7 Å². The first kappa shape index (κ1) is 32.3. The Morgan fingerprint density at radius 3 is 2.42 bits per heavy atom. The van der Waals surface area contributed by atoms with Crippen LogP contribution in [0.2, 0.25) is 0 Å². The number of carbonyl (C=O) groups is 1. The zero-order chi connectivity index (χ0) is 31.7. The van der Waals surface area contributed by atoms with E-state index in [1.807, 2.05) is 6.92 Å². The number of nitrogens with one attached hydrogen (secondary N) is 1. The third kappa shape index (κ3) is 6.64. The van der Waals surface area contributed by atoms with Crippen LogP contribution in [-0.2, 0) is 20.0 Å². The zero-order valence-corrected chi connectivity index (χ0v) is 26.4. The maximum Gasteiger partial charge on any atom is 0.261 e. The molecule has 0 saturated carbocycles. The van der Waals surface area contributed by atoms with Gasteiger partial charge >= 0.3 is 0 Å². The highest BCUT2D eigenvalue weighted by Gasteiger charge is 2.37. The number of methoxy groups -OCH3 is 1. The molecule has 1 aliphatic rings. The van der Waals surface area contributed by atoms with Crippen molar-refractivity contribution in [3.8, 4) is 11.5 Å². The topological polar surface area (TPSA) is 169 Å². The number of aryl methyl sites for hydroxylation is 2. The SMILES string of the molecule is COc1ccc(S(=O)(=O)Nc2ccc3c(c2)C(=O)N([C@@H](C)CO)C[C@H](C)[C@H](CN(C)S(=O)(=O)c2c(C)noc2C)O3)cc1. The van der Waals surface area contributed by atoms with Crippen LogP contribution in [-0.4, -0.2) is 88.2 Å². The lowest BCUT2D eigenvalue weighted by atomic mass is 9.99. The summed E-state index contributed by atoms with van der Waals surface area (Å²) in [5.41, 5.74) is 0.411. The summed E-state index contributed by atoms with van der Waals surface area (Å²) in [4.78, 5) is 15.2. The molecule has 1 aromatic heterocycles. The normalized spacial score (nSPS) is 18.4. The molecule has 43 heavy (non-hydrogen) atoms. The van der Waals surface area contributed by atoms with E-state index in [0.717, 1.165) is 4.31 Å². The Bertz CT molecular complexity index is 1670. The molecule has 0 bridgehead atoms. The van der Waals surface area contributed by atoms with Gasteiger partial charge in [-0.3, -0.25) is 9.52 Å². The highest BCUT2D eigenvalue weighted by atomic mass is 32.2. The third-order valence-electron chi connectivity index (χ3n) is 7.36. The van der Waals surface area contributed by atoms with E-state index < -0.39 is 38.1 Å². The van der Waals surface area contributed by atoms with E-state index >= 15 is 0 Å². The quantitative estimate of drug-likeness (QED) is 0.337. The van der Waals surface area contributed by atoms with Gasteiger partial charge in [-0.1, -0.05) is 12.1 Å². The van der Waals surface area contributed by atoms with E-state index in [0.29, 0.717) is 5.75 Å². The Morgan fingerprint density at radius 1 is 1.16 bits per heavy atom. The van der Waals surface area contributed by atoms with Crippen molar-refractivity contribution >= 4 is 31.6 Å². The number of benzene rings is 2. The fourth-order valence-corrected chi connectivity index (χ4v) is 7.34. The van der Waals surface area contributed by atoms with Gasteiger partial charge in [0.05, 0.1) is 36.8 Å². The summed E-state index contributed by atoms with van der Waals surface area (Å²) in [7, 11) is -5.10. The van der Waals surface area contributed by atoms with E-state index in [1.165, 1.54) is 68.4 Å². The number of aromatic nitrogens is 1. The maximum absolute atomic E-state index is 13.7. The molecule has 2 aromatic carbocycles. The van der Waals surface area contributed by atoms with Gasteiger partial charge < -0.3 is 24.0 Å². The monoisotopic (exact) mass is 636 g/mol. The number of likely N-dealkylation sites (N-methyl/N-ethyl adjacent to an activating group) is 1. The fraction of sp³-hybridized carbons (Fsp3) is 0.429. The minimum Gasteiger partial charge on any atom is -0.497 e. The molecule has 3 atom stereocenters. The van der Waals surface area contributed by atoms with Crippen LogP contribution in [0.3, 0.4) is 0 Å². The Labute approximate surface area is 251 Å². The van der Waals surface area contributed by atoms with Crippen LogP contribution in [0.15, 0.2) is 56.8 Å². The van der Waals surface area contributed by atoms with Gasteiger partial charge in [0.1, 0.15) is 28.2 Å². The number of rotatable bonds is 10. The smallest absolute Gasteiger partial charge is 0.261 e. The second-order valence-corrected chi connectivity index (χ2v) is 14.2. The first-order valence-corrected chi connectivity index (χ1v) is 16.4. The molecule has 13 nitrogen and oxygen atoms in total. The Morgan fingerprint density at radius 2 is 1.84 bits per heavy atom. The number of nitrogens with zero attached hydrogens (tertiary/aromatic N) is 3. The zero-order valence-electron chi connectivity index (χ0n) is 24.8. The number of hydrogen-bond donors (Lipinski definition) is 2. The summed E-state index contributed by atoms with van der Waals surface area (Å²) in [6, 6.07) is 9.54. The van der Waals surface area contributed by atoms with Crippen molar-refractivity contribution in [3.63, 3.8) is 0 Å². The van der Waals surface area contributed by atoms with Crippen molar-refractivity contribution in [3.05, 3.63) is 59.5 Å². The summed E-state index contributed by atoms with van der Waals surface area (Å²) in [6.45, 7) is 6.33. The Balaban J connectivity index is 1.68. The first-order valence-electron chi connectivity index (χ1n) is 13.5. The van der Waals surface area contributed by atoms with Crippen molar-refractivity contribution < 1.29 is 40.7 Å². The number of sulfonamides is 2. The average molecular weight is 637 g/mol. The molecule has 2 N–H and O–H groups in total. The summed E-state index contributed by atoms with van der Waals surface area (Å²) in [6.07, 6.45) is -0.720. The van der Waals surface area contributed by atoms with E-state index in [4.69, 9.17) is 14.0 Å². The van der Waals surface area contributed by atoms with Gasteiger partial charge in [0.15, 0.2) is 5.76 Å². The number of aliphatic hydroxyl groups is 1. The molecule has 1 aliphatic heterocycles. The van der Waals surface area contributed by atoms with Gasteiger partial charge in [-0.25, -0.2) is 16.8 Å². The van der Waals surface area contributed by atoms with Gasteiger partial charge in [-0.05, 0) is 63.2 Å². The lowest BCUT2D eigenvalue weighted by Crippen LogP contribution is -2.50. The molecule has 3 aromatic rings. The number of amides is 1. The average Bonchev–Trinajstić information content (AvgIpc) is 3.32. The van der Waals surface area contributed by atoms with E-state index in [1.54, 1.807) is 13.8 Å². The summed E-state index contributed by atoms with van der Waals surface area (Å²) in [5, 5.41) is 13.7. The van der Waals surface area contributed by atoms with Gasteiger partial charge in [0.2, 0.25) is 10.0 Å². The fourth-order valence-electron chi connectivity index (χ4n) is 4.82. The molecular formula is C28H36N4O9S2. The van der Waals surface area contributed by atoms with Crippen LogP contribution in [0.5, 0.6) is 11.5 Å². The number of hydrogen-bond acceptors (Lipinski definition) is 10. The molecular weight excluding hydrogens is 600 g/mol. The minimum atomic E-state index is -4.01. The van der Waals surface area contributed by atoms with Crippen molar-refractivity contribution in [2.45, 2.75) is 49.6 Å². The number of ether oxygens (including phenoxy) is 2. The number of aliphatic hydroxyl groups excluding tert-OH is 1. The molecule has 0 saturated heterocycles. The molecule has 0 unspecified atom stereocenters. The predicted molar refractivity (Wildman–Crippen MR) is 157 cm³/mol. The van der Waals surface area contributed by atoms with E-state index in [9.17, 15) is 26.7 Å². The van der Waals surface area contributed by atoms with Crippen molar-refractivity contribution in [2.24, 2.45) is 5.92 Å². The molecule has 234 valence electrons. The number of anilines is 1. The summed E-state index contributed by atoms with van der Waals surface area (Å²) in [5.74, 6) is -0.0211. The van der Waals surface area contributed by atoms with Crippen LogP contribution in [0.4, 0.5) is 5.69 Å². The largest absolute Gasteiger partial charge is 0.497 e. The molecule has 15 heteroatoms. The van der Waals surface area contributed by atoms with Crippen molar-refractivity contribution in [2.75, 3.05) is 38.6 Å². The summed E-state index contributed by atoms with van der Waals surface area (Å²) >= 11 is 0. The van der Waals surface area contributed by atoms with E-state index in [-0.39, 0.29) is 63.9 Å². The second-order valence-electron chi connectivity index (χ2n) is 10.6. The van der Waals surface area contributed by atoms with Gasteiger partial charge in [0.25, 0.3) is 15.9 Å². The lowest BCUT2D eigenvalue weighted by molar-refractivity contribution is 0.0387. The third-order valence-corrected chi connectivity index (χ3v) is 10.8. The van der Waals surface area contributed by atoms with Gasteiger partial charge in [0, 0.05) is 25.2 Å². The van der Waals surface area contributed by atoms with Crippen LogP contribution < -0.4 is 14.2 Å². The molecule has 4 rings (SSSR count). The predicted octanol–water partition coefficient (Wildman–Crippen LogP) is 2.64. The standard InChI is InChI=1S/C28H36N4O9S2/c1-17-14-32(18(2)16-33)28(34)24-13-21(30-42(35,36)23-10-8-22(39-6)9-11-23)7-12-25(24)40-26(17)15-31(5)43(37,38)27-19(3)29-41-20(27)4/h7-13,17-18,26,30,33H,14-16H2,1-6H3/t17-,18-,26-/m0/s1. The number of fused-ring (bicyclic) bond motifs is 1. The second kappa shape index (κ2) is 12.5. The van der Waals surface area contributed by atoms with Gasteiger partial charge in [-0.2, -0.15) is 4.31 Å². The first-order chi connectivity index (χ1) is 20.2. The minimum absolute atomic E-state index is 0.00502. The van der Waals surface area contributed by atoms with E-state index in [2.05, 4.69) is 9.88 Å². The molecule has 2 heterocycles. The highest BCUT2D eigenvalue weighted by molar-refractivity contribution is 7.92. The number of carbonyl (C=O) groups excluding carboxylic acids is 1. The van der Waals surface area contributed by atoms with Crippen molar-refractivity contribution in [1.29, 1.82) is 0 Å². The molecule has 0 fully saturated rings. The van der Waals surface area contributed by atoms with Crippen LogP contribution in [0.25, 0.3) is 0 Å². The summed E-state index contributed by atoms with van der Waals surface area (Å²) < 4.78 is 73.0. The molecule has 1 amide bonds. The Hall–Kier alpha value is -3.66. The van der Waals surface area contributed by atoms with Crippen molar-refractivity contribution in [1.82, 2.24) is 14.4 Å². The van der Waals surface area contributed by atoms with Crippen LogP contribution in [0, 0.1) is 19.8 Å². The molecule has 0 aliphatic carbocycles. The maximum atomic E-state index is 13.7. The lowest BCUT2D eigenvalue weighted by Gasteiger charge is -2.38. The van der Waals surface area contributed by atoms with Crippen LogP contribution >= 0.6 is 0 Å². The molecule has 0 radical (unpaired) electrons.